The molecular weight excluding hydrogens is 300 g/mol. The van der Waals surface area contributed by atoms with Crippen LogP contribution in [0.4, 0.5) is 0 Å². The Hall–Kier alpha value is -2.17. The second-order valence-electron chi connectivity index (χ2n) is 6.85. The first-order valence-corrected chi connectivity index (χ1v) is 8.37. The van der Waals surface area contributed by atoms with Crippen LogP contribution in [0.1, 0.15) is 31.6 Å². The highest BCUT2D eigenvalue weighted by atomic mass is 16.7. The van der Waals surface area contributed by atoms with Gasteiger partial charge in [0.2, 0.25) is 6.33 Å². The van der Waals surface area contributed by atoms with Gasteiger partial charge in [-0.15, -0.1) is 0 Å². The van der Waals surface area contributed by atoms with Crippen molar-refractivity contribution < 1.29 is 14.0 Å². The second-order valence-corrected chi connectivity index (χ2v) is 6.85. The standard InChI is InChI=1S/C20H23N2O2/c1-20(2)23-13-18(19(24-20)15-9-5-4-6-10-15)22-14-21(3)16-11-7-8-12-17(16)22/h4-12,14,18-19H,13H2,1-3H3/q+1/t18-,19-/m0/s1. The normalized spacial score (nSPS) is 23.5. The molecule has 1 aliphatic rings. The summed E-state index contributed by atoms with van der Waals surface area (Å²) in [6.45, 7) is 4.57. The van der Waals surface area contributed by atoms with Gasteiger partial charge in [0.15, 0.2) is 22.9 Å². The van der Waals surface area contributed by atoms with E-state index in [-0.39, 0.29) is 12.1 Å². The first-order chi connectivity index (χ1) is 11.6. The molecule has 1 aromatic heterocycles. The predicted molar refractivity (Wildman–Crippen MR) is 92.5 cm³/mol. The zero-order valence-electron chi connectivity index (χ0n) is 14.3. The van der Waals surface area contributed by atoms with E-state index in [1.54, 1.807) is 0 Å². The first-order valence-electron chi connectivity index (χ1n) is 8.37. The monoisotopic (exact) mass is 323 g/mol. The largest absolute Gasteiger partial charge is 0.346 e. The van der Waals surface area contributed by atoms with Crippen molar-refractivity contribution in [3.05, 3.63) is 66.5 Å². The van der Waals surface area contributed by atoms with Crippen LogP contribution in [0.5, 0.6) is 0 Å². The Bertz CT molecular complexity index is 854. The fourth-order valence-corrected chi connectivity index (χ4v) is 3.51. The van der Waals surface area contributed by atoms with Crippen LogP contribution in [-0.2, 0) is 16.5 Å². The van der Waals surface area contributed by atoms with Crippen LogP contribution in [-0.4, -0.2) is 17.0 Å². The van der Waals surface area contributed by atoms with E-state index < -0.39 is 5.79 Å². The number of aryl methyl sites for hydroxylation is 1. The van der Waals surface area contributed by atoms with E-state index in [1.807, 2.05) is 19.9 Å². The van der Waals surface area contributed by atoms with E-state index >= 15 is 0 Å². The van der Waals surface area contributed by atoms with Crippen LogP contribution in [0.3, 0.4) is 0 Å². The lowest BCUT2D eigenvalue weighted by molar-refractivity contribution is -0.646. The molecule has 0 aliphatic carbocycles. The Morgan fingerprint density at radius 1 is 1.04 bits per heavy atom. The Morgan fingerprint density at radius 3 is 2.54 bits per heavy atom. The van der Waals surface area contributed by atoms with Crippen molar-refractivity contribution >= 4 is 11.0 Å². The minimum atomic E-state index is -0.581. The molecule has 0 saturated carbocycles. The summed E-state index contributed by atoms with van der Waals surface area (Å²) in [5.74, 6) is -0.581. The smallest absolute Gasteiger partial charge is 0.244 e. The highest BCUT2D eigenvalue weighted by molar-refractivity contribution is 5.71. The average molecular weight is 323 g/mol. The summed E-state index contributed by atoms with van der Waals surface area (Å²) in [6.07, 6.45) is 2.09. The summed E-state index contributed by atoms with van der Waals surface area (Å²) < 4.78 is 16.8. The molecule has 3 aromatic rings. The quantitative estimate of drug-likeness (QED) is 0.675. The maximum absolute atomic E-state index is 6.33. The van der Waals surface area contributed by atoms with Gasteiger partial charge in [-0.3, -0.25) is 0 Å². The molecule has 0 amide bonds. The van der Waals surface area contributed by atoms with E-state index in [1.165, 1.54) is 16.6 Å². The van der Waals surface area contributed by atoms with Crippen molar-refractivity contribution in [3.63, 3.8) is 0 Å². The van der Waals surface area contributed by atoms with Gasteiger partial charge >= 0.3 is 0 Å². The van der Waals surface area contributed by atoms with Crippen molar-refractivity contribution in [2.24, 2.45) is 7.05 Å². The van der Waals surface area contributed by atoms with Crippen LogP contribution in [0.15, 0.2) is 60.9 Å². The third-order valence-corrected chi connectivity index (χ3v) is 4.68. The van der Waals surface area contributed by atoms with E-state index in [2.05, 4.69) is 71.0 Å². The Labute approximate surface area is 142 Å². The molecule has 0 radical (unpaired) electrons. The van der Waals surface area contributed by atoms with Crippen molar-refractivity contribution in [3.8, 4) is 0 Å². The van der Waals surface area contributed by atoms with Crippen LogP contribution in [0, 0.1) is 0 Å². The molecule has 1 saturated heterocycles. The van der Waals surface area contributed by atoms with Crippen molar-refractivity contribution in [1.82, 2.24) is 4.57 Å². The van der Waals surface area contributed by atoms with Crippen LogP contribution >= 0.6 is 0 Å². The van der Waals surface area contributed by atoms with Crippen molar-refractivity contribution in [1.29, 1.82) is 0 Å². The number of hydrogen-bond donors (Lipinski definition) is 0. The molecule has 2 atom stereocenters. The molecule has 2 heterocycles. The zero-order chi connectivity index (χ0) is 16.7. The number of ether oxygens (including phenoxy) is 2. The minimum Gasteiger partial charge on any atom is -0.346 e. The number of nitrogens with zero attached hydrogens (tertiary/aromatic N) is 2. The van der Waals surface area contributed by atoms with Crippen molar-refractivity contribution in [2.75, 3.05) is 6.61 Å². The van der Waals surface area contributed by atoms with Crippen LogP contribution < -0.4 is 4.57 Å². The van der Waals surface area contributed by atoms with Gasteiger partial charge < -0.3 is 9.47 Å². The molecule has 124 valence electrons. The van der Waals surface area contributed by atoms with Gasteiger partial charge in [0.25, 0.3) is 0 Å². The summed E-state index contributed by atoms with van der Waals surface area (Å²) in [7, 11) is 2.07. The number of benzene rings is 2. The molecular formula is C20H23N2O2+. The summed E-state index contributed by atoms with van der Waals surface area (Å²) in [5, 5.41) is 0. The summed E-state index contributed by atoms with van der Waals surface area (Å²) in [6, 6.07) is 18.9. The fraction of sp³-hybridized carbons (Fsp3) is 0.350. The molecule has 1 aliphatic heterocycles. The van der Waals surface area contributed by atoms with Gasteiger partial charge in [-0.25, -0.2) is 9.13 Å². The van der Waals surface area contributed by atoms with Gasteiger partial charge in [0, 0.05) is 0 Å². The topological polar surface area (TPSA) is 27.3 Å². The van der Waals surface area contributed by atoms with Crippen LogP contribution in [0.25, 0.3) is 11.0 Å². The Morgan fingerprint density at radius 2 is 1.75 bits per heavy atom. The Kier molecular flexibility index (Phi) is 3.66. The second kappa shape index (κ2) is 5.72. The molecule has 0 unspecified atom stereocenters. The van der Waals surface area contributed by atoms with E-state index in [4.69, 9.17) is 9.47 Å². The molecule has 0 bridgehead atoms. The number of hydrogen-bond acceptors (Lipinski definition) is 2. The maximum Gasteiger partial charge on any atom is 0.244 e. The fourth-order valence-electron chi connectivity index (χ4n) is 3.51. The van der Waals surface area contributed by atoms with E-state index in [9.17, 15) is 0 Å². The maximum atomic E-state index is 6.33. The molecule has 0 N–H and O–H groups in total. The van der Waals surface area contributed by atoms with Gasteiger partial charge in [-0.1, -0.05) is 42.5 Å². The Balaban J connectivity index is 1.82. The summed E-state index contributed by atoms with van der Waals surface area (Å²) >= 11 is 0. The lowest BCUT2D eigenvalue weighted by Crippen LogP contribution is -2.42. The predicted octanol–water partition coefficient (Wildman–Crippen LogP) is 3.53. The molecule has 4 rings (SSSR count). The molecule has 4 nitrogen and oxygen atoms in total. The van der Waals surface area contributed by atoms with Gasteiger partial charge in [0.05, 0.1) is 13.7 Å². The van der Waals surface area contributed by atoms with Gasteiger partial charge in [-0.05, 0) is 31.5 Å². The number of imidazole rings is 1. The first kappa shape index (κ1) is 15.4. The summed E-state index contributed by atoms with van der Waals surface area (Å²) in [4.78, 5) is 0. The number of aromatic nitrogens is 2. The van der Waals surface area contributed by atoms with E-state index in [0.717, 1.165) is 0 Å². The molecule has 1 fully saturated rings. The SMILES string of the molecule is C[n+]1cn([C@H]2COC(C)(C)O[C@H]2c2ccccc2)c2ccccc21. The highest BCUT2D eigenvalue weighted by Crippen LogP contribution is 2.40. The molecule has 2 aromatic carbocycles. The summed E-state index contributed by atoms with van der Waals surface area (Å²) in [5.41, 5.74) is 3.58. The molecule has 24 heavy (non-hydrogen) atoms. The number of para-hydroxylation sites is 2. The highest BCUT2D eigenvalue weighted by Gasteiger charge is 2.41. The lowest BCUT2D eigenvalue weighted by Gasteiger charge is -2.39. The molecule has 0 spiro atoms. The molecule has 4 heteroatoms. The zero-order valence-corrected chi connectivity index (χ0v) is 14.3. The van der Waals surface area contributed by atoms with Gasteiger partial charge in [-0.2, -0.15) is 0 Å². The minimum absolute atomic E-state index is 0.0502. The third-order valence-electron chi connectivity index (χ3n) is 4.68. The van der Waals surface area contributed by atoms with E-state index in [0.29, 0.717) is 6.61 Å². The third kappa shape index (κ3) is 2.62. The lowest BCUT2D eigenvalue weighted by atomic mass is 10.0. The van der Waals surface area contributed by atoms with Crippen LogP contribution in [0.2, 0.25) is 0 Å². The van der Waals surface area contributed by atoms with Crippen molar-refractivity contribution in [2.45, 2.75) is 31.8 Å². The van der Waals surface area contributed by atoms with Gasteiger partial charge in [0.1, 0.15) is 6.10 Å². The number of rotatable bonds is 2. The number of fused-ring (bicyclic) bond motifs is 1. The average Bonchev–Trinajstić information content (AvgIpc) is 2.92.